The Morgan fingerprint density at radius 3 is 2.76 bits per heavy atom. The van der Waals surface area contributed by atoms with Crippen molar-refractivity contribution in [3.05, 3.63) is 55.7 Å². The van der Waals surface area contributed by atoms with E-state index in [2.05, 4.69) is 20.0 Å². The summed E-state index contributed by atoms with van der Waals surface area (Å²) in [6.07, 6.45) is 0. The molecule has 0 atom stereocenters. The van der Waals surface area contributed by atoms with Gasteiger partial charge in [-0.2, -0.15) is 5.26 Å². The minimum absolute atomic E-state index is 0.0362. The number of aryl methyl sites for hydroxylation is 1. The maximum Gasteiger partial charge on any atom is 0.337 e. The molecular formula is C18H14N4O5S2. The molecule has 0 aliphatic carbocycles. The fourth-order valence-electron chi connectivity index (χ4n) is 2.52. The molecule has 0 aliphatic rings. The van der Waals surface area contributed by atoms with Gasteiger partial charge in [-0.1, -0.05) is 6.07 Å². The third-order valence-electron chi connectivity index (χ3n) is 3.93. The van der Waals surface area contributed by atoms with E-state index in [0.717, 1.165) is 28.7 Å². The van der Waals surface area contributed by atoms with E-state index in [1.165, 1.54) is 13.2 Å². The summed E-state index contributed by atoms with van der Waals surface area (Å²) in [7, 11) is 1.27. The number of amides is 1. The van der Waals surface area contributed by atoms with Crippen LogP contribution in [0.4, 0.5) is 5.69 Å². The van der Waals surface area contributed by atoms with Gasteiger partial charge in [0.1, 0.15) is 16.3 Å². The van der Waals surface area contributed by atoms with Gasteiger partial charge in [0, 0.05) is 5.69 Å². The lowest BCUT2D eigenvalue weighted by Gasteiger charge is -2.09. The molecule has 3 rings (SSSR count). The zero-order chi connectivity index (χ0) is 21.1. The average Bonchev–Trinajstić information content (AvgIpc) is 3.05. The highest BCUT2D eigenvalue weighted by molar-refractivity contribution is 8.02. The molecule has 0 radical (unpaired) electrons. The zero-order valence-electron chi connectivity index (χ0n) is 15.2. The van der Waals surface area contributed by atoms with Crippen molar-refractivity contribution in [1.82, 2.24) is 9.97 Å². The number of hydrogen-bond donors (Lipinski definition) is 3. The van der Waals surface area contributed by atoms with Crippen LogP contribution in [0.15, 0.2) is 32.0 Å². The lowest BCUT2D eigenvalue weighted by Crippen LogP contribution is -2.20. The van der Waals surface area contributed by atoms with E-state index in [9.17, 15) is 24.4 Å². The van der Waals surface area contributed by atoms with Crippen LogP contribution in [-0.4, -0.2) is 34.7 Å². The van der Waals surface area contributed by atoms with Gasteiger partial charge in [-0.25, -0.2) is 9.59 Å². The average molecular weight is 430 g/mol. The number of rotatable bonds is 5. The Kier molecular flexibility index (Phi) is 5.86. The number of esters is 1. The number of benzene rings is 1. The summed E-state index contributed by atoms with van der Waals surface area (Å²) in [6, 6.07) is 6.78. The van der Waals surface area contributed by atoms with E-state index in [0.29, 0.717) is 15.5 Å². The second-order valence-corrected chi connectivity index (χ2v) is 8.11. The monoisotopic (exact) mass is 430 g/mol. The number of methoxy groups -OCH3 is 1. The van der Waals surface area contributed by atoms with Gasteiger partial charge in [0.25, 0.3) is 5.56 Å². The Labute approximate surface area is 171 Å². The second-order valence-electron chi connectivity index (χ2n) is 5.85. The number of ether oxygens (including phenoxy) is 1. The molecule has 2 aromatic heterocycles. The summed E-state index contributed by atoms with van der Waals surface area (Å²) in [5.74, 6) is -0.909. The first-order chi connectivity index (χ1) is 13.8. The summed E-state index contributed by atoms with van der Waals surface area (Å²) in [5, 5.41) is 12.1. The van der Waals surface area contributed by atoms with E-state index in [4.69, 9.17) is 0 Å². The largest absolute Gasteiger partial charge is 0.465 e. The highest BCUT2D eigenvalue weighted by Gasteiger charge is 2.18. The first kappa shape index (κ1) is 20.4. The molecule has 0 fully saturated rings. The minimum Gasteiger partial charge on any atom is -0.465 e. The van der Waals surface area contributed by atoms with Crippen molar-refractivity contribution in [2.75, 3.05) is 18.2 Å². The summed E-state index contributed by atoms with van der Waals surface area (Å²) in [4.78, 5) is 52.0. The van der Waals surface area contributed by atoms with Gasteiger partial charge < -0.3 is 15.0 Å². The van der Waals surface area contributed by atoms with Gasteiger partial charge in [-0.05, 0) is 24.6 Å². The van der Waals surface area contributed by atoms with Gasteiger partial charge in [-0.3, -0.25) is 14.6 Å². The van der Waals surface area contributed by atoms with Crippen molar-refractivity contribution in [1.29, 1.82) is 5.26 Å². The Morgan fingerprint density at radius 2 is 2.07 bits per heavy atom. The number of thioether (sulfide) groups is 1. The van der Waals surface area contributed by atoms with Crippen molar-refractivity contribution in [3.8, 4) is 6.07 Å². The minimum atomic E-state index is -0.702. The van der Waals surface area contributed by atoms with Crippen LogP contribution < -0.4 is 16.6 Å². The quantitative estimate of drug-likeness (QED) is 0.414. The SMILES string of the molecule is COC(=O)c1ccc(C)c(NC(=O)CSc2sc3c(=O)[nH]c(=O)[nH]c3c2C#N)c1. The van der Waals surface area contributed by atoms with Crippen molar-refractivity contribution in [2.45, 2.75) is 11.1 Å². The molecule has 148 valence electrons. The Morgan fingerprint density at radius 1 is 1.31 bits per heavy atom. The van der Waals surface area contributed by atoms with Gasteiger partial charge >= 0.3 is 11.7 Å². The highest BCUT2D eigenvalue weighted by Crippen LogP contribution is 2.34. The van der Waals surface area contributed by atoms with Crippen LogP contribution in [0.5, 0.6) is 0 Å². The molecule has 9 nitrogen and oxygen atoms in total. The smallest absolute Gasteiger partial charge is 0.337 e. The molecule has 0 saturated heterocycles. The summed E-state index contributed by atoms with van der Waals surface area (Å²) in [6.45, 7) is 1.78. The third kappa shape index (κ3) is 4.23. The second kappa shape index (κ2) is 8.34. The molecule has 3 aromatic rings. The van der Waals surface area contributed by atoms with E-state index in [1.807, 2.05) is 6.07 Å². The molecule has 0 unspecified atom stereocenters. The Hall–Kier alpha value is -3.36. The number of hydrogen-bond acceptors (Lipinski definition) is 8. The van der Waals surface area contributed by atoms with Crippen LogP contribution in [-0.2, 0) is 9.53 Å². The predicted molar refractivity (Wildman–Crippen MR) is 110 cm³/mol. The number of nitriles is 1. The first-order valence-electron chi connectivity index (χ1n) is 8.15. The number of aromatic amines is 2. The molecular weight excluding hydrogens is 416 g/mol. The topological polar surface area (TPSA) is 145 Å². The number of fused-ring (bicyclic) bond motifs is 1. The zero-order valence-corrected chi connectivity index (χ0v) is 16.9. The van der Waals surface area contributed by atoms with Crippen molar-refractivity contribution < 1.29 is 14.3 Å². The van der Waals surface area contributed by atoms with Gasteiger partial charge in [0.2, 0.25) is 5.91 Å². The molecule has 29 heavy (non-hydrogen) atoms. The molecule has 0 aliphatic heterocycles. The van der Waals surface area contributed by atoms with E-state index in [1.54, 1.807) is 19.1 Å². The van der Waals surface area contributed by atoms with Crippen LogP contribution in [0.2, 0.25) is 0 Å². The van der Waals surface area contributed by atoms with Crippen molar-refractivity contribution in [3.63, 3.8) is 0 Å². The molecule has 1 amide bonds. The molecule has 3 N–H and O–H groups in total. The van der Waals surface area contributed by atoms with E-state index < -0.39 is 17.2 Å². The fourth-order valence-corrected chi connectivity index (χ4v) is 4.64. The molecule has 2 heterocycles. The van der Waals surface area contributed by atoms with Crippen molar-refractivity contribution in [2.24, 2.45) is 0 Å². The molecule has 0 saturated carbocycles. The number of anilines is 1. The summed E-state index contributed by atoms with van der Waals surface area (Å²) >= 11 is 2.11. The Bertz CT molecular complexity index is 1280. The van der Waals surface area contributed by atoms with Crippen LogP contribution in [0.25, 0.3) is 10.2 Å². The van der Waals surface area contributed by atoms with Crippen molar-refractivity contribution >= 4 is 50.9 Å². The number of nitrogens with one attached hydrogen (secondary N) is 3. The number of H-pyrrole nitrogens is 2. The van der Waals surface area contributed by atoms with Crippen LogP contribution >= 0.6 is 23.1 Å². The summed E-state index contributed by atoms with van der Waals surface area (Å²) < 4.78 is 5.34. The molecule has 1 aromatic carbocycles. The number of carbonyl (C=O) groups excluding carboxylic acids is 2. The first-order valence-corrected chi connectivity index (χ1v) is 9.95. The third-order valence-corrected chi connectivity index (χ3v) is 6.39. The van der Waals surface area contributed by atoms with Gasteiger partial charge in [0.15, 0.2) is 0 Å². The van der Waals surface area contributed by atoms with E-state index in [-0.39, 0.29) is 27.4 Å². The number of aromatic nitrogens is 2. The predicted octanol–water partition coefficient (Wildman–Crippen LogP) is 1.98. The van der Waals surface area contributed by atoms with Gasteiger partial charge in [-0.15, -0.1) is 23.1 Å². The maximum absolute atomic E-state index is 12.4. The number of thiophene rings is 1. The van der Waals surface area contributed by atoms with E-state index >= 15 is 0 Å². The molecule has 11 heteroatoms. The van der Waals surface area contributed by atoms with Crippen LogP contribution in [0.3, 0.4) is 0 Å². The number of carbonyl (C=O) groups is 2. The molecule has 0 spiro atoms. The number of nitrogens with zero attached hydrogens (tertiary/aromatic N) is 1. The maximum atomic E-state index is 12.4. The summed E-state index contributed by atoms with van der Waals surface area (Å²) in [5.41, 5.74) is 0.561. The van der Waals surface area contributed by atoms with Crippen LogP contribution in [0.1, 0.15) is 21.5 Å². The highest BCUT2D eigenvalue weighted by atomic mass is 32.2. The standard InChI is InChI=1S/C18H14N4O5S2/c1-8-3-4-9(16(25)27-2)5-11(8)20-12(23)7-28-17-10(6-19)13-14(29-17)15(24)22-18(26)21-13/h3-5H,7H2,1-2H3,(H,20,23)(H2,21,22,24,26). The van der Waals surface area contributed by atoms with Gasteiger partial charge in [0.05, 0.1) is 28.2 Å². The normalized spacial score (nSPS) is 10.5. The fraction of sp³-hybridized carbons (Fsp3) is 0.167. The van der Waals surface area contributed by atoms with Crippen LogP contribution in [0, 0.1) is 18.3 Å². The lowest BCUT2D eigenvalue weighted by molar-refractivity contribution is -0.113. The Balaban J connectivity index is 1.79. The molecule has 0 bridgehead atoms. The lowest BCUT2D eigenvalue weighted by atomic mass is 10.1.